The minimum absolute atomic E-state index is 0. The number of fused-ring (bicyclic) bond motifs is 1. The number of hydrogen-bond donors (Lipinski definition) is 1. The Morgan fingerprint density at radius 2 is 2.12 bits per heavy atom. The third-order valence-corrected chi connectivity index (χ3v) is 4.83. The molecule has 1 heterocycles. The van der Waals surface area contributed by atoms with Crippen molar-refractivity contribution >= 4 is 29.3 Å². The van der Waals surface area contributed by atoms with E-state index in [-0.39, 0.29) is 36.4 Å². The van der Waals surface area contributed by atoms with Gasteiger partial charge in [0.1, 0.15) is 11.0 Å². The fourth-order valence-corrected chi connectivity index (χ4v) is 3.47. The van der Waals surface area contributed by atoms with Crippen LogP contribution in [0.25, 0.3) is 11.0 Å². The van der Waals surface area contributed by atoms with Crippen LogP contribution in [0.15, 0.2) is 22.8 Å². The molecule has 3 rings (SSSR count). The molecule has 0 saturated heterocycles. The first kappa shape index (κ1) is 20.6. The fraction of sp³-hybridized carbons (Fsp3) is 0.611. The van der Waals surface area contributed by atoms with Crippen LogP contribution in [0, 0.1) is 5.92 Å². The molecule has 0 unspecified atom stereocenters. The number of aromatic nitrogens is 2. The molecule has 1 aromatic carbocycles. The van der Waals surface area contributed by atoms with Gasteiger partial charge >= 0.3 is 0 Å². The van der Waals surface area contributed by atoms with Gasteiger partial charge in [0.25, 0.3) is 0 Å². The number of rotatable bonds is 6. The smallest absolute Gasteiger partial charge is 0.225 e. The molecule has 0 radical (unpaired) electrons. The highest BCUT2D eigenvalue weighted by molar-refractivity contribution is 5.85. The Morgan fingerprint density at radius 1 is 1.35 bits per heavy atom. The molecule has 1 saturated carbocycles. The number of nitrogens with two attached hydrogens (primary N) is 1. The lowest BCUT2D eigenvalue weighted by atomic mass is 9.83. The van der Waals surface area contributed by atoms with E-state index in [2.05, 4.69) is 17.2 Å². The van der Waals surface area contributed by atoms with Crippen LogP contribution >= 0.6 is 12.4 Å². The fourth-order valence-electron chi connectivity index (χ4n) is 3.47. The zero-order valence-electron chi connectivity index (χ0n) is 15.3. The monoisotopic (exact) mass is 382 g/mol. The van der Waals surface area contributed by atoms with Gasteiger partial charge in [-0.15, -0.1) is 12.4 Å². The second-order valence-electron chi connectivity index (χ2n) is 6.86. The highest BCUT2D eigenvalue weighted by Gasteiger charge is 2.33. The minimum Gasteiger partial charge on any atom is -0.377 e. The molecule has 2 aromatic rings. The summed E-state index contributed by atoms with van der Waals surface area (Å²) in [5, 5.41) is 7.64. The van der Waals surface area contributed by atoms with Crippen molar-refractivity contribution < 1.29 is 14.2 Å². The molecule has 1 aromatic heterocycles. The van der Waals surface area contributed by atoms with E-state index in [4.69, 9.17) is 15.1 Å². The molecule has 0 bridgehead atoms. The average molecular weight is 383 g/mol. The molecular weight excluding hydrogens is 356 g/mol. The predicted octanol–water partition coefficient (Wildman–Crippen LogP) is 2.53. The normalized spacial score (nSPS) is 22.8. The topological polar surface area (TPSA) is 94.5 Å². The van der Waals surface area contributed by atoms with Crippen molar-refractivity contribution in [2.24, 2.45) is 11.7 Å². The van der Waals surface area contributed by atoms with Crippen LogP contribution in [-0.4, -0.2) is 46.9 Å². The lowest BCUT2D eigenvalue weighted by molar-refractivity contribution is -0.137. The van der Waals surface area contributed by atoms with Gasteiger partial charge in [-0.05, 0) is 53.7 Å². The van der Waals surface area contributed by atoms with Crippen molar-refractivity contribution in [1.29, 1.82) is 0 Å². The van der Waals surface area contributed by atoms with Crippen molar-refractivity contribution in [2.45, 2.75) is 51.3 Å². The predicted molar refractivity (Wildman–Crippen MR) is 101 cm³/mol. The Kier molecular flexibility index (Phi) is 7.37. The minimum atomic E-state index is -0.0693. The molecule has 8 heteroatoms. The van der Waals surface area contributed by atoms with Gasteiger partial charge in [-0.2, -0.15) is 0 Å². The SMILES string of the molecule is CCCO[C@@H]1CC[C@H](C(=O)N(C)Cc2ccc3nonc3c2)C[C@H]1N.Cl. The van der Waals surface area contributed by atoms with E-state index in [9.17, 15) is 4.79 Å². The summed E-state index contributed by atoms with van der Waals surface area (Å²) in [4.78, 5) is 14.5. The first-order chi connectivity index (χ1) is 12.1. The van der Waals surface area contributed by atoms with Crippen molar-refractivity contribution in [3.05, 3.63) is 23.8 Å². The Bertz CT molecular complexity index is 723. The Hall–Kier alpha value is -1.70. The molecule has 2 N–H and O–H groups in total. The summed E-state index contributed by atoms with van der Waals surface area (Å²) < 4.78 is 10.5. The number of carbonyl (C=O) groups excluding carboxylic acids is 1. The van der Waals surface area contributed by atoms with Crippen molar-refractivity contribution in [3.63, 3.8) is 0 Å². The van der Waals surface area contributed by atoms with E-state index in [0.717, 1.165) is 31.4 Å². The van der Waals surface area contributed by atoms with Gasteiger partial charge < -0.3 is 15.4 Å². The van der Waals surface area contributed by atoms with Crippen molar-refractivity contribution in [1.82, 2.24) is 15.2 Å². The van der Waals surface area contributed by atoms with E-state index >= 15 is 0 Å². The third kappa shape index (κ3) is 4.72. The van der Waals surface area contributed by atoms with E-state index in [1.54, 1.807) is 4.90 Å². The summed E-state index contributed by atoms with van der Waals surface area (Å²) in [5.74, 6) is 0.113. The quantitative estimate of drug-likeness (QED) is 0.824. The van der Waals surface area contributed by atoms with Crippen LogP contribution in [0.5, 0.6) is 0 Å². The standard InChI is InChI=1S/C18H26N4O3.ClH/c1-3-8-24-17-7-5-13(10-14(17)19)18(23)22(2)11-12-4-6-15-16(9-12)21-25-20-15;/h4,6,9,13-14,17H,3,5,7-8,10-11,19H2,1-2H3;1H/t13-,14+,17+;/m0./s1. The number of carbonyl (C=O) groups is 1. The zero-order chi connectivity index (χ0) is 17.8. The molecule has 7 nitrogen and oxygen atoms in total. The van der Waals surface area contributed by atoms with E-state index in [0.29, 0.717) is 24.0 Å². The lowest BCUT2D eigenvalue weighted by Gasteiger charge is -2.34. The number of halogens is 1. The van der Waals surface area contributed by atoms with Gasteiger partial charge in [0.05, 0.1) is 6.10 Å². The summed E-state index contributed by atoms with van der Waals surface area (Å²) in [5.41, 5.74) is 8.65. The van der Waals surface area contributed by atoms with Gasteiger partial charge in [0.15, 0.2) is 0 Å². The Morgan fingerprint density at radius 3 is 2.85 bits per heavy atom. The number of hydrogen-bond acceptors (Lipinski definition) is 6. The summed E-state index contributed by atoms with van der Waals surface area (Å²) >= 11 is 0. The third-order valence-electron chi connectivity index (χ3n) is 4.83. The van der Waals surface area contributed by atoms with Crippen LogP contribution in [0.4, 0.5) is 0 Å². The molecular formula is C18H27ClN4O3. The molecule has 3 atom stereocenters. The first-order valence-electron chi connectivity index (χ1n) is 8.91. The maximum Gasteiger partial charge on any atom is 0.225 e. The molecule has 1 aliphatic carbocycles. The summed E-state index contributed by atoms with van der Waals surface area (Å²) in [6.07, 6.45) is 3.43. The molecule has 0 aliphatic heterocycles. The molecule has 0 spiro atoms. The average Bonchev–Trinajstić information content (AvgIpc) is 3.07. The maximum absolute atomic E-state index is 12.8. The summed E-state index contributed by atoms with van der Waals surface area (Å²) in [6.45, 7) is 3.35. The summed E-state index contributed by atoms with van der Waals surface area (Å²) in [6, 6.07) is 5.63. The number of benzene rings is 1. The van der Waals surface area contributed by atoms with Gasteiger partial charge in [0.2, 0.25) is 5.91 Å². The van der Waals surface area contributed by atoms with Crippen LogP contribution < -0.4 is 5.73 Å². The number of amides is 1. The second-order valence-corrected chi connectivity index (χ2v) is 6.86. The Balaban J connectivity index is 0.00000243. The van der Waals surface area contributed by atoms with Crippen molar-refractivity contribution in [2.75, 3.05) is 13.7 Å². The molecule has 1 amide bonds. The van der Waals surface area contributed by atoms with E-state index in [1.807, 2.05) is 25.2 Å². The van der Waals surface area contributed by atoms with Gasteiger partial charge in [-0.25, -0.2) is 4.63 Å². The highest BCUT2D eigenvalue weighted by atomic mass is 35.5. The van der Waals surface area contributed by atoms with Crippen LogP contribution in [0.1, 0.15) is 38.2 Å². The van der Waals surface area contributed by atoms with E-state index < -0.39 is 0 Å². The Labute approximate surface area is 159 Å². The first-order valence-corrected chi connectivity index (χ1v) is 8.91. The zero-order valence-corrected chi connectivity index (χ0v) is 16.1. The van der Waals surface area contributed by atoms with Crippen LogP contribution in [0.2, 0.25) is 0 Å². The molecule has 1 aliphatic rings. The van der Waals surface area contributed by atoms with Gasteiger partial charge in [-0.3, -0.25) is 4.79 Å². The maximum atomic E-state index is 12.8. The van der Waals surface area contributed by atoms with Gasteiger partial charge in [0, 0.05) is 32.2 Å². The number of nitrogens with zero attached hydrogens (tertiary/aromatic N) is 3. The lowest BCUT2D eigenvalue weighted by Crippen LogP contribution is -2.46. The number of ether oxygens (including phenoxy) is 1. The van der Waals surface area contributed by atoms with Crippen molar-refractivity contribution in [3.8, 4) is 0 Å². The van der Waals surface area contributed by atoms with Gasteiger partial charge in [-0.1, -0.05) is 13.0 Å². The highest BCUT2D eigenvalue weighted by Crippen LogP contribution is 2.27. The molecule has 1 fully saturated rings. The molecule has 26 heavy (non-hydrogen) atoms. The largest absolute Gasteiger partial charge is 0.377 e. The van der Waals surface area contributed by atoms with Crippen LogP contribution in [0.3, 0.4) is 0 Å². The molecule has 144 valence electrons. The van der Waals surface area contributed by atoms with Crippen LogP contribution in [-0.2, 0) is 16.1 Å². The summed E-state index contributed by atoms with van der Waals surface area (Å²) in [7, 11) is 1.83. The second kappa shape index (κ2) is 9.30. The van der Waals surface area contributed by atoms with E-state index in [1.165, 1.54) is 0 Å².